The number of aliphatic hydroxyl groups is 1. The van der Waals surface area contributed by atoms with Crippen molar-refractivity contribution in [3.8, 4) is 5.88 Å². The van der Waals surface area contributed by atoms with Gasteiger partial charge >= 0.3 is 0 Å². The van der Waals surface area contributed by atoms with Gasteiger partial charge < -0.3 is 14.7 Å². The van der Waals surface area contributed by atoms with Crippen LogP contribution in [0.25, 0.3) is 0 Å². The Morgan fingerprint density at radius 2 is 2.28 bits per heavy atom. The van der Waals surface area contributed by atoms with Gasteiger partial charge in [0.2, 0.25) is 5.88 Å². The van der Waals surface area contributed by atoms with E-state index in [-0.39, 0.29) is 6.61 Å². The van der Waals surface area contributed by atoms with Gasteiger partial charge in [-0.2, -0.15) is 0 Å². The van der Waals surface area contributed by atoms with Crippen molar-refractivity contribution in [2.24, 2.45) is 0 Å². The van der Waals surface area contributed by atoms with Gasteiger partial charge in [0, 0.05) is 17.8 Å². The number of pyridine rings is 1. The quantitative estimate of drug-likeness (QED) is 0.884. The molecule has 1 aromatic rings. The molecular weight excluding hydrogens is 228 g/mol. The Hall–Kier alpha value is -1.13. The Labute approximate surface area is 109 Å². The summed E-state index contributed by atoms with van der Waals surface area (Å²) in [7, 11) is 2.15. The Morgan fingerprint density at radius 1 is 1.44 bits per heavy atom. The van der Waals surface area contributed by atoms with Gasteiger partial charge in [-0.05, 0) is 45.0 Å². The molecule has 1 atom stereocenters. The van der Waals surface area contributed by atoms with Gasteiger partial charge in [0.05, 0.1) is 6.61 Å². The second-order valence-corrected chi connectivity index (χ2v) is 4.99. The van der Waals surface area contributed by atoms with E-state index in [1.807, 2.05) is 19.1 Å². The number of aromatic nitrogens is 1. The molecule has 1 aliphatic heterocycles. The van der Waals surface area contributed by atoms with Crippen molar-refractivity contribution < 1.29 is 9.84 Å². The molecule has 0 amide bonds. The van der Waals surface area contributed by atoms with Gasteiger partial charge in [-0.3, -0.25) is 0 Å². The Kier molecular flexibility index (Phi) is 4.55. The smallest absolute Gasteiger partial charge is 0.213 e. The molecule has 0 radical (unpaired) electrons. The highest BCUT2D eigenvalue weighted by atomic mass is 16.5. The van der Waals surface area contributed by atoms with Crippen molar-refractivity contribution >= 4 is 0 Å². The number of aliphatic hydroxyl groups excluding tert-OH is 1. The summed E-state index contributed by atoms with van der Waals surface area (Å²) in [6.07, 6.45) is 3.77. The third-order valence-electron chi connectivity index (χ3n) is 3.69. The number of hydrogen-bond donors (Lipinski definition) is 1. The van der Waals surface area contributed by atoms with E-state index in [9.17, 15) is 0 Å². The number of nitrogens with zero attached hydrogens (tertiary/aromatic N) is 2. The maximum atomic E-state index is 9.09. The van der Waals surface area contributed by atoms with Gasteiger partial charge in [-0.25, -0.2) is 4.98 Å². The predicted octanol–water partition coefficient (Wildman–Crippen LogP) is 1.75. The lowest BCUT2D eigenvalue weighted by atomic mass is 10.0. The topological polar surface area (TPSA) is 45.6 Å². The monoisotopic (exact) mass is 250 g/mol. The molecule has 2 rings (SSSR count). The number of likely N-dealkylation sites (tertiary alicyclic amines) is 1. The van der Waals surface area contributed by atoms with E-state index in [0.29, 0.717) is 18.5 Å². The number of likely N-dealkylation sites (N-methyl/N-ethyl adjacent to an activating group) is 1. The van der Waals surface area contributed by atoms with Crippen LogP contribution in [0.5, 0.6) is 5.88 Å². The SMILES string of the molecule is Cc1nc(OCC2CCCCN2C)ccc1CO. The van der Waals surface area contributed by atoms with Crippen LogP contribution in [-0.4, -0.2) is 41.2 Å². The molecule has 4 heteroatoms. The van der Waals surface area contributed by atoms with Gasteiger partial charge in [0.1, 0.15) is 6.61 Å². The summed E-state index contributed by atoms with van der Waals surface area (Å²) >= 11 is 0. The Balaban J connectivity index is 1.91. The summed E-state index contributed by atoms with van der Waals surface area (Å²) in [4.78, 5) is 6.71. The molecule has 1 saturated heterocycles. The van der Waals surface area contributed by atoms with E-state index in [4.69, 9.17) is 9.84 Å². The third-order valence-corrected chi connectivity index (χ3v) is 3.69. The number of ether oxygens (including phenoxy) is 1. The first-order valence-electron chi connectivity index (χ1n) is 6.61. The van der Waals surface area contributed by atoms with Crippen molar-refractivity contribution in [2.45, 2.75) is 38.8 Å². The normalized spacial score (nSPS) is 20.9. The van der Waals surface area contributed by atoms with Crippen LogP contribution in [0, 0.1) is 6.92 Å². The molecule has 1 aliphatic rings. The minimum atomic E-state index is 0.0322. The zero-order valence-corrected chi connectivity index (χ0v) is 11.2. The van der Waals surface area contributed by atoms with Crippen molar-refractivity contribution in [1.29, 1.82) is 0 Å². The molecule has 0 spiro atoms. The van der Waals surface area contributed by atoms with Gasteiger partial charge in [-0.1, -0.05) is 6.42 Å². The van der Waals surface area contributed by atoms with E-state index in [1.165, 1.54) is 19.3 Å². The maximum Gasteiger partial charge on any atom is 0.213 e. The second kappa shape index (κ2) is 6.16. The lowest BCUT2D eigenvalue weighted by molar-refractivity contribution is 0.122. The summed E-state index contributed by atoms with van der Waals surface area (Å²) < 4.78 is 5.76. The summed E-state index contributed by atoms with van der Waals surface area (Å²) in [6, 6.07) is 4.21. The van der Waals surface area contributed by atoms with Gasteiger partial charge in [0.25, 0.3) is 0 Å². The fourth-order valence-electron chi connectivity index (χ4n) is 2.35. The molecule has 1 unspecified atom stereocenters. The van der Waals surface area contributed by atoms with Crippen LogP contribution in [0.1, 0.15) is 30.5 Å². The molecule has 2 heterocycles. The lowest BCUT2D eigenvalue weighted by Crippen LogP contribution is -2.40. The first-order valence-corrected chi connectivity index (χ1v) is 6.61. The van der Waals surface area contributed by atoms with E-state index in [0.717, 1.165) is 17.8 Å². The molecule has 4 nitrogen and oxygen atoms in total. The number of aryl methyl sites for hydroxylation is 1. The zero-order chi connectivity index (χ0) is 13.0. The second-order valence-electron chi connectivity index (χ2n) is 4.99. The highest BCUT2D eigenvalue weighted by Crippen LogP contribution is 2.17. The molecule has 0 bridgehead atoms. The van der Waals surface area contributed by atoms with Crippen LogP contribution in [-0.2, 0) is 6.61 Å². The third kappa shape index (κ3) is 3.21. The van der Waals surface area contributed by atoms with Crippen molar-refractivity contribution in [3.05, 3.63) is 23.4 Å². The molecule has 18 heavy (non-hydrogen) atoms. The molecule has 1 fully saturated rings. The number of rotatable bonds is 4. The van der Waals surface area contributed by atoms with Crippen molar-refractivity contribution in [3.63, 3.8) is 0 Å². The van der Waals surface area contributed by atoms with Crippen molar-refractivity contribution in [1.82, 2.24) is 9.88 Å². The van der Waals surface area contributed by atoms with Crippen LogP contribution in [0.4, 0.5) is 0 Å². The van der Waals surface area contributed by atoms with E-state index >= 15 is 0 Å². The Morgan fingerprint density at radius 3 is 2.94 bits per heavy atom. The highest BCUT2D eigenvalue weighted by Gasteiger charge is 2.19. The minimum Gasteiger partial charge on any atom is -0.476 e. The highest BCUT2D eigenvalue weighted by molar-refractivity contribution is 5.24. The minimum absolute atomic E-state index is 0.0322. The van der Waals surface area contributed by atoms with E-state index < -0.39 is 0 Å². The largest absolute Gasteiger partial charge is 0.476 e. The van der Waals surface area contributed by atoms with Crippen LogP contribution in [0.15, 0.2) is 12.1 Å². The summed E-state index contributed by atoms with van der Waals surface area (Å²) in [5.41, 5.74) is 1.70. The summed E-state index contributed by atoms with van der Waals surface area (Å²) in [6.45, 7) is 3.78. The van der Waals surface area contributed by atoms with Gasteiger partial charge in [-0.15, -0.1) is 0 Å². The molecule has 100 valence electrons. The number of piperidine rings is 1. The van der Waals surface area contributed by atoms with Crippen LogP contribution in [0.2, 0.25) is 0 Å². The Bertz CT molecular complexity index is 395. The fourth-order valence-corrected chi connectivity index (χ4v) is 2.35. The fraction of sp³-hybridized carbons (Fsp3) is 0.643. The first-order chi connectivity index (χ1) is 8.70. The average Bonchev–Trinajstić information content (AvgIpc) is 2.38. The number of hydrogen-bond acceptors (Lipinski definition) is 4. The molecule has 1 aromatic heterocycles. The standard InChI is InChI=1S/C14H22N2O2/c1-11-12(9-17)6-7-14(15-11)18-10-13-5-3-4-8-16(13)2/h6-7,13,17H,3-5,8-10H2,1-2H3. The summed E-state index contributed by atoms with van der Waals surface area (Å²) in [5.74, 6) is 0.656. The lowest BCUT2D eigenvalue weighted by Gasteiger charge is -2.31. The molecule has 0 saturated carbocycles. The van der Waals surface area contributed by atoms with Crippen LogP contribution in [0.3, 0.4) is 0 Å². The van der Waals surface area contributed by atoms with E-state index in [2.05, 4.69) is 16.9 Å². The van der Waals surface area contributed by atoms with Crippen molar-refractivity contribution in [2.75, 3.05) is 20.2 Å². The van der Waals surface area contributed by atoms with Gasteiger partial charge in [0.15, 0.2) is 0 Å². The summed E-state index contributed by atoms with van der Waals surface area (Å²) in [5, 5.41) is 9.09. The molecular formula is C14H22N2O2. The molecule has 1 N–H and O–H groups in total. The first kappa shape index (κ1) is 13.3. The predicted molar refractivity (Wildman–Crippen MR) is 70.7 cm³/mol. The molecule has 0 aliphatic carbocycles. The van der Waals surface area contributed by atoms with E-state index in [1.54, 1.807) is 0 Å². The van der Waals surface area contributed by atoms with Crippen LogP contribution < -0.4 is 4.74 Å². The maximum absolute atomic E-state index is 9.09. The average molecular weight is 250 g/mol. The van der Waals surface area contributed by atoms with Crippen LogP contribution >= 0.6 is 0 Å². The molecule has 0 aromatic carbocycles. The zero-order valence-electron chi connectivity index (χ0n) is 11.2.